The van der Waals surface area contributed by atoms with E-state index < -0.39 is 0 Å². The summed E-state index contributed by atoms with van der Waals surface area (Å²) in [5.74, 6) is 1.66. The van der Waals surface area contributed by atoms with E-state index in [1.807, 2.05) is 24.3 Å². The molecule has 0 aromatic heterocycles. The molecule has 0 fully saturated rings. The molecule has 24 heavy (non-hydrogen) atoms. The lowest BCUT2D eigenvalue weighted by Gasteiger charge is -2.11. The van der Waals surface area contributed by atoms with E-state index in [0.717, 1.165) is 36.8 Å². The van der Waals surface area contributed by atoms with Crippen molar-refractivity contribution in [2.75, 3.05) is 47.1 Å². The van der Waals surface area contributed by atoms with Crippen LogP contribution in [0.1, 0.15) is 18.9 Å². The van der Waals surface area contributed by atoms with Gasteiger partial charge < -0.3 is 24.8 Å². The molecule has 0 aliphatic rings. The van der Waals surface area contributed by atoms with Gasteiger partial charge in [-0.25, -0.2) is 4.99 Å². The molecule has 138 valence electrons. The van der Waals surface area contributed by atoms with E-state index in [0.29, 0.717) is 26.4 Å². The molecule has 1 aromatic rings. The maximum Gasteiger partial charge on any atom is 0.191 e. The Bertz CT molecular complexity index is 458. The molecule has 0 aliphatic carbocycles. The molecular weight excluding hydrogens is 421 g/mol. The van der Waals surface area contributed by atoms with Gasteiger partial charge in [0.05, 0.1) is 26.9 Å². The number of methoxy groups -OCH3 is 2. The van der Waals surface area contributed by atoms with Gasteiger partial charge in [0, 0.05) is 26.8 Å². The zero-order valence-corrected chi connectivity index (χ0v) is 17.2. The molecule has 2 N–H and O–H groups in total. The summed E-state index contributed by atoms with van der Waals surface area (Å²) in [6.45, 7) is 6.29. The highest BCUT2D eigenvalue weighted by Crippen LogP contribution is 2.13. The summed E-state index contributed by atoms with van der Waals surface area (Å²) >= 11 is 0. The number of aliphatic imine (C=N–C) groups is 1. The minimum absolute atomic E-state index is 0. The van der Waals surface area contributed by atoms with Gasteiger partial charge in [-0.15, -0.1) is 24.0 Å². The van der Waals surface area contributed by atoms with Crippen LogP contribution in [0.3, 0.4) is 0 Å². The SMILES string of the molecule is CCNC(=NCc1cccc(OC)c1)NCCCOCCOC.I. The van der Waals surface area contributed by atoms with E-state index in [1.165, 1.54) is 0 Å². The van der Waals surface area contributed by atoms with Gasteiger partial charge in [-0.2, -0.15) is 0 Å². The van der Waals surface area contributed by atoms with Crippen molar-refractivity contribution in [3.63, 3.8) is 0 Å². The van der Waals surface area contributed by atoms with Crippen molar-refractivity contribution in [3.8, 4) is 5.75 Å². The molecule has 0 radical (unpaired) electrons. The third-order valence-electron chi connectivity index (χ3n) is 3.09. The molecule has 0 bridgehead atoms. The van der Waals surface area contributed by atoms with Crippen LogP contribution in [0.4, 0.5) is 0 Å². The second kappa shape index (κ2) is 15.5. The Morgan fingerprint density at radius 3 is 2.67 bits per heavy atom. The van der Waals surface area contributed by atoms with Gasteiger partial charge in [0.25, 0.3) is 0 Å². The number of ether oxygens (including phenoxy) is 3. The highest BCUT2D eigenvalue weighted by Gasteiger charge is 1.99. The second-order valence-corrected chi connectivity index (χ2v) is 4.93. The lowest BCUT2D eigenvalue weighted by molar-refractivity contribution is 0.0698. The van der Waals surface area contributed by atoms with E-state index in [2.05, 4.69) is 22.5 Å². The molecule has 6 nitrogen and oxygen atoms in total. The Labute approximate surface area is 162 Å². The van der Waals surface area contributed by atoms with E-state index in [4.69, 9.17) is 14.2 Å². The van der Waals surface area contributed by atoms with Gasteiger partial charge in [-0.3, -0.25) is 0 Å². The van der Waals surface area contributed by atoms with E-state index in [9.17, 15) is 0 Å². The van der Waals surface area contributed by atoms with Crippen molar-refractivity contribution < 1.29 is 14.2 Å². The number of halogens is 1. The Hall–Kier alpha value is -1.06. The average Bonchev–Trinajstić information content (AvgIpc) is 2.59. The first kappa shape index (κ1) is 22.9. The van der Waals surface area contributed by atoms with Crippen molar-refractivity contribution in [3.05, 3.63) is 29.8 Å². The molecule has 1 aromatic carbocycles. The molecular formula is C17H30IN3O3. The van der Waals surface area contributed by atoms with Crippen LogP contribution in [0.25, 0.3) is 0 Å². The summed E-state index contributed by atoms with van der Waals surface area (Å²) in [5, 5.41) is 6.55. The molecule has 0 unspecified atom stereocenters. The second-order valence-electron chi connectivity index (χ2n) is 4.93. The van der Waals surface area contributed by atoms with Crippen LogP contribution < -0.4 is 15.4 Å². The van der Waals surface area contributed by atoms with Gasteiger partial charge in [0.15, 0.2) is 5.96 Å². The van der Waals surface area contributed by atoms with Crippen LogP contribution in [0.15, 0.2) is 29.3 Å². The van der Waals surface area contributed by atoms with Crippen LogP contribution in [0, 0.1) is 0 Å². The van der Waals surface area contributed by atoms with Gasteiger partial charge in [0.2, 0.25) is 0 Å². The molecule has 7 heteroatoms. The van der Waals surface area contributed by atoms with Crippen molar-refractivity contribution in [2.45, 2.75) is 19.9 Å². The number of rotatable bonds is 11. The number of guanidine groups is 1. The predicted octanol–water partition coefficient (Wildman–Crippen LogP) is 2.42. The fourth-order valence-electron chi connectivity index (χ4n) is 1.91. The standard InChI is InChI=1S/C17H29N3O3.HI/c1-4-18-17(19-9-6-10-23-12-11-21-2)20-14-15-7-5-8-16(13-15)22-3;/h5,7-8,13H,4,6,9-12,14H2,1-3H3,(H2,18,19,20);1H. The van der Waals surface area contributed by atoms with E-state index >= 15 is 0 Å². The number of nitrogens with one attached hydrogen (secondary N) is 2. The van der Waals surface area contributed by atoms with Crippen LogP contribution in [-0.4, -0.2) is 53.1 Å². The van der Waals surface area contributed by atoms with Crippen molar-refractivity contribution in [1.29, 1.82) is 0 Å². The summed E-state index contributed by atoms with van der Waals surface area (Å²) in [7, 11) is 3.34. The van der Waals surface area contributed by atoms with Crippen LogP contribution in [-0.2, 0) is 16.0 Å². The molecule has 0 saturated carbocycles. The summed E-state index contributed by atoms with van der Waals surface area (Å²) < 4.78 is 15.6. The average molecular weight is 451 g/mol. The minimum atomic E-state index is 0. The van der Waals surface area contributed by atoms with Crippen LogP contribution in [0.5, 0.6) is 5.75 Å². The Kier molecular flexibility index (Phi) is 14.8. The van der Waals surface area contributed by atoms with Gasteiger partial charge in [0.1, 0.15) is 5.75 Å². The first-order valence-corrected chi connectivity index (χ1v) is 8.02. The van der Waals surface area contributed by atoms with Gasteiger partial charge >= 0.3 is 0 Å². The highest BCUT2D eigenvalue weighted by atomic mass is 127. The third-order valence-corrected chi connectivity index (χ3v) is 3.09. The fourth-order valence-corrected chi connectivity index (χ4v) is 1.91. The van der Waals surface area contributed by atoms with Crippen molar-refractivity contribution in [2.24, 2.45) is 4.99 Å². The maximum atomic E-state index is 5.43. The summed E-state index contributed by atoms with van der Waals surface area (Å²) in [4.78, 5) is 4.58. The molecule has 0 heterocycles. The minimum Gasteiger partial charge on any atom is -0.497 e. The number of hydrogen-bond acceptors (Lipinski definition) is 4. The zero-order valence-electron chi connectivity index (χ0n) is 14.8. The van der Waals surface area contributed by atoms with Crippen LogP contribution in [0.2, 0.25) is 0 Å². The summed E-state index contributed by atoms with van der Waals surface area (Å²) in [5.41, 5.74) is 1.12. The lowest BCUT2D eigenvalue weighted by Crippen LogP contribution is -2.38. The largest absolute Gasteiger partial charge is 0.497 e. The Morgan fingerprint density at radius 2 is 1.96 bits per heavy atom. The Morgan fingerprint density at radius 1 is 1.12 bits per heavy atom. The molecule has 0 amide bonds. The quantitative estimate of drug-likeness (QED) is 0.234. The van der Waals surface area contributed by atoms with Crippen molar-refractivity contribution in [1.82, 2.24) is 10.6 Å². The molecule has 0 atom stereocenters. The van der Waals surface area contributed by atoms with Gasteiger partial charge in [-0.1, -0.05) is 12.1 Å². The monoisotopic (exact) mass is 451 g/mol. The normalized spacial score (nSPS) is 10.9. The highest BCUT2D eigenvalue weighted by molar-refractivity contribution is 14.0. The number of hydrogen-bond donors (Lipinski definition) is 2. The lowest BCUT2D eigenvalue weighted by atomic mass is 10.2. The number of benzene rings is 1. The molecule has 0 spiro atoms. The summed E-state index contributed by atoms with van der Waals surface area (Å²) in [6.07, 6.45) is 0.924. The van der Waals surface area contributed by atoms with E-state index in [-0.39, 0.29) is 24.0 Å². The topological polar surface area (TPSA) is 64.1 Å². The Balaban J connectivity index is 0.00000529. The predicted molar refractivity (Wildman–Crippen MR) is 109 cm³/mol. The first-order chi connectivity index (χ1) is 11.3. The molecule has 0 saturated heterocycles. The van der Waals surface area contributed by atoms with E-state index in [1.54, 1.807) is 14.2 Å². The van der Waals surface area contributed by atoms with Crippen molar-refractivity contribution >= 4 is 29.9 Å². The maximum absolute atomic E-state index is 5.43. The smallest absolute Gasteiger partial charge is 0.191 e. The molecule has 0 aliphatic heterocycles. The fraction of sp³-hybridized carbons (Fsp3) is 0.588. The number of nitrogens with zero attached hydrogens (tertiary/aromatic N) is 1. The third kappa shape index (κ3) is 10.7. The van der Waals surface area contributed by atoms with Crippen LogP contribution >= 0.6 is 24.0 Å². The summed E-state index contributed by atoms with van der Waals surface area (Å²) in [6, 6.07) is 7.94. The zero-order chi connectivity index (χ0) is 16.8. The van der Waals surface area contributed by atoms with Gasteiger partial charge in [-0.05, 0) is 31.0 Å². The first-order valence-electron chi connectivity index (χ1n) is 8.02. The molecule has 1 rings (SSSR count).